The van der Waals surface area contributed by atoms with Crippen LogP contribution in [0.5, 0.6) is 0 Å². The fourth-order valence-corrected chi connectivity index (χ4v) is 1.60. The molecule has 0 saturated heterocycles. The summed E-state index contributed by atoms with van der Waals surface area (Å²) in [4.78, 5) is 11.0. The zero-order valence-corrected chi connectivity index (χ0v) is 6.67. The molecule has 1 unspecified atom stereocenters. The van der Waals surface area contributed by atoms with Gasteiger partial charge in [-0.3, -0.25) is 4.79 Å². The Balaban J connectivity index is 2.74. The van der Waals surface area contributed by atoms with Crippen LogP contribution in [0.3, 0.4) is 0 Å². The molecule has 0 aromatic rings. The quantitative estimate of drug-likeness (QED) is 0.505. The van der Waals surface area contributed by atoms with Crippen LogP contribution in [0.25, 0.3) is 0 Å². The van der Waals surface area contributed by atoms with Crippen molar-refractivity contribution in [2.75, 3.05) is 0 Å². The van der Waals surface area contributed by atoms with E-state index < -0.39 is 4.33 Å². The summed E-state index contributed by atoms with van der Waals surface area (Å²) in [6, 6.07) is 0. The van der Waals surface area contributed by atoms with Crippen LogP contribution in [0, 0.1) is 5.92 Å². The summed E-state index contributed by atoms with van der Waals surface area (Å²) in [5, 5.41) is 0. The topological polar surface area (TPSA) is 17.1 Å². The molecule has 1 fully saturated rings. The standard InChI is InChI=1S/C6H8Cl2O/c1-4-2-3-6(7,8)5(4)9/h4H,2-3H2,1H3. The van der Waals surface area contributed by atoms with Crippen LogP contribution < -0.4 is 0 Å². The van der Waals surface area contributed by atoms with Gasteiger partial charge in [0.2, 0.25) is 0 Å². The first-order chi connectivity index (χ1) is 4.04. The van der Waals surface area contributed by atoms with E-state index in [0.717, 1.165) is 6.42 Å². The maximum atomic E-state index is 11.0. The number of carbonyl (C=O) groups is 1. The SMILES string of the molecule is CC1CCC(Cl)(Cl)C1=O. The van der Waals surface area contributed by atoms with Gasteiger partial charge >= 0.3 is 0 Å². The van der Waals surface area contributed by atoms with Crippen molar-refractivity contribution >= 4 is 29.0 Å². The van der Waals surface area contributed by atoms with Gasteiger partial charge < -0.3 is 0 Å². The van der Waals surface area contributed by atoms with E-state index in [9.17, 15) is 4.79 Å². The van der Waals surface area contributed by atoms with Crippen LogP contribution in [0.1, 0.15) is 19.8 Å². The van der Waals surface area contributed by atoms with E-state index in [0.29, 0.717) is 6.42 Å². The largest absolute Gasteiger partial charge is 0.296 e. The van der Waals surface area contributed by atoms with Crippen molar-refractivity contribution in [2.45, 2.75) is 24.1 Å². The Morgan fingerprint density at radius 3 is 2.33 bits per heavy atom. The average molecular weight is 167 g/mol. The Morgan fingerprint density at radius 1 is 1.67 bits per heavy atom. The molecular formula is C6H8Cl2O. The highest BCUT2D eigenvalue weighted by atomic mass is 35.5. The Hall–Kier alpha value is 0.250. The van der Waals surface area contributed by atoms with Crippen LogP contribution in [0.4, 0.5) is 0 Å². The average Bonchev–Trinajstić information content (AvgIpc) is 1.97. The molecule has 0 bridgehead atoms. The first-order valence-corrected chi connectivity index (χ1v) is 3.72. The van der Waals surface area contributed by atoms with E-state index in [4.69, 9.17) is 23.2 Å². The number of ketones is 1. The molecule has 0 aromatic carbocycles. The van der Waals surface area contributed by atoms with Crippen LogP contribution in [-0.2, 0) is 4.79 Å². The molecule has 0 heterocycles. The molecular weight excluding hydrogens is 159 g/mol. The van der Waals surface area contributed by atoms with E-state index in [2.05, 4.69) is 0 Å². The van der Waals surface area contributed by atoms with Crippen LogP contribution >= 0.6 is 23.2 Å². The fraction of sp³-hybridized carbons (Fsp3) is 0.833. The van der Waals surface area contributed by atoms with Crippen molar-refractivity contribution in [1.82, 2.24) is 0 Å². The first-order valence-electron chi connectivity index (χ1n) is 2.96. The van der Waals surface area contributed by atoms with E-state index in [1.807, 2.05) is 6.92 Å². The Kier molecular flexibility index (Phi) is 1.75. The monoisotopic (exact) mass is 166 g/mol. The predicted octanol–water partition coefficient (Wildman–Crippen LogP) is 2.16. The highest BCUT2D eigenvalue weighted by molar-refractivity contribution is 6.58. The minimum absolute atomic E-state index is 0.0224. The number of rotatable bonds is 0. The summed E-state index contributed by atoms with van der Waals surface area (Å²) in [6.07, 6.45) is 1.43. The third-order valence-electron chi connectivity index (χ3n) is 1.70. The molecule has 0 spiro atoms. The van der Waals surface area contributed by atoms with Gasteiger partial charge in [-0.15, -0.1) is 0 Å². The lowest BCUT2D eigenvalue weighted by atomic mass is 10.1. The lowest BCUT2D eigenvalue weighted by Crippen LogP contribution is -2.21. The second-order valence-corrected chi connectivity index (χ2v) is 3.99. The molecule has 0 radical (unpaired) electrons. The van der Waals surface area contributed by atoms with Crippen molar-refractivity contribution < 1.29 is 4.79 Å². The molecule has 1 aliphatic carbocycles. The van der Waals surface area contributed by atoms with Gasteiger partial charge in [-0.25, -0.2) is 0 Å². The van der Waals surface area contributed by atoms with E-state index in [1.54, 1.807) is 0 Å². The summed E-state index contributed by atoms with van der Waals surface area (Å²) < 4.78 is -1.07. The highest BCUT2D eigenvalue weighted by Gasteiger charge is 2.42. The van der Waals surface area contributed by atoms with Gasteiger partial charge in [0.15, 0.2) is 10.1 Å². The van der Waals surface area contributed by atoms with Crippen molar-refractivity contribution in [1.29, 1.82) is 0 Å². The van der Waals surface area contributed by atoms with Crippen molar-refractivity contribution in [2.24, 2.45) is 5.92 Å². The van der Waals surface area contributed by atoms with Gasteiger partial charge in [-0.1, -0.05) is 30.1 Å². The van der Waals surface area contributed by atoms with Gasteiger partial charge in [-0.05, 0) is 12.8 Å². The smallest absolute Gasteiger partial charge is 0.176 e. The van der Waals surface area contributed by atoms with Crippen LogP contribution in [-0.4, -0.2) is 10.1 Å². The van der Waals surface area contributed by atoms with E-state index in [1.165, 1.54) is 0 Å². The molecule has 3 heteroatoms. The Bertz CT molecular complexity index is 142. The second kappa shape index (κ2) is 2.14. The number of Topliss-reactive ketones (excluding diaryl/α,β-unsaturated/α-hetero) is 1. The molecule has 1 saturated carbocycles. The summed E-state index contributed by atoms with van der Waals surface area (Å²) >= 11 is 11.3. The second-order valence-electron chi connectivity index (χ2n) is 2.51. The van der Waals surface area contributed by atoms with E-state index >= 15 is 0 Å². The fourth-order valence-electron chi connectivity index (χ4n) is 1.01. The maximum absolute atomic E-state index is 11.0. The third kappa shape index (κ3) is 1.22. The van der Waals surface area contributed by atoms with Crippen molar-refractivity contribution in [3.8, 4) is 0 Å². The minimum Gasteiger partial charge on any atom is -0.296 e. The summed E-state index contributed by atoms with van der Waals surface area (Å²) in [5.74, 6) is 0.0332. The molecule has 1 aliphatic rings. The van der Waals surface area contributed by atoms with Gasteiger partial charge in [-0.2, -0.15) is 0 Å². The molecule has 0 aromatic heterocycles. The van der Waals surface area contributed by atoms with Gasteiger partial charge in [0.25, 0.3) is 0 Å². The molecule has 0 amide bonds. The zero-order chi connectivity index (χ0) is 7.07. The molecule has 1 rings (SSSR count). The molecule has 9 heavy (non-hydrogen) atoms. The highest BCUT2D eigenvalue weighted by Crippen LogP contribution is 2.39. The summed E-state index contributed by atoms with van der Waals surface area (Å²) in [6.45, 7) is 1.86. The Morgan fingerprint density at radius 2 is 2.22 bits per heavy atom. The lowest BCUT2D eigenvalue weighted by Gasteiger charge is -2.07. The van der Waals surface area contributed by atoms with Gasteiger partial charge in [0.05, 0.1) is 0 Å². The van der Waals surface area contributed by atoms with Crippen LogP contribution in [0.2, 0.25) is 0 Å². The predicted molar refractivity (Wildman–Crippen MR) is 37.8 cm³/mol. The molecule has 1 nitrogen and oxygen atoms in total. The maximum Gasteiger partial charge on any atom is 0.176 e. The summed E-state index contributed by atoms with van der Waals surface area (Å²) in [7, 11) is 0. The van der Waals surface area contributed by atoms with E-state index in [-0.39, 0.29) is 11.7 Å². The number of halogens is 2. The zero-order valence-electron chi connectivity index (χ0n) is 5.16. The van der Waals surface area contributed by atoms with Gasteiger partial charge in [0, 0.05) is 5.92 Å². The number of hydrogen-bond acceptors (Lipinski definition) is 1. The molecule has 0 N–H and O–H groups in total. The summed E-state index contributed by atoms with van der Waals surface area (Å²) in [5.41, 5.74) is 0. The normalized spacial score (nSPS) is 33.2. The van der Waals surface area contributed by atoms with Crippen molar-refractivity contribution in [3.63, 3.8) is 0 Å². The third-order valence-corrected chi connectivity index (χ3v) is 2.45. The van der Waals surface area contributed by atoms with Gasteiger partial charge in [0.1, 0.15) is 0 Å². The first kappa shape index (κ1) is 7.36. The lowest BCUT2D eigenvalue weighted by molar-refractivity contribution is -0.120. The van der Waals surface area contributed by atoms with Crippen LogP contribution in [0.15, 0.2) is 0 Å². The number of carbonyl (C=O) groups excluding carboxylic acids is 1. The number of alkyl halides is 2. The minimum atomic E-state index is -1.07. The van der Waals surface area contributed by atoms with Crippen molar-refractivity contribution in [3.05, 3.63) is 0 Å². The number of hydrogen-bond donors (Lipinski definition) is 0. The molecule has 52 valence electrons. The molecule has 0 aliphatic heterocycles. The Labute approximate surface area is 64.3 Å². The molecule has 1 atom stereocenters.